The monoisotopic (exact) mass is 440 g/mol. The second-order valence-corrected chi connectivity index (χ2v) is 14.7. The summed E-state index contributed by atoms with van der Waals surface area (Å²) in [6, 6.07) is 0. The Morgan fingerprint density at radius 1 is 0.875 bits per heavy atom. The molecule has 8 atom stereocenters. The van der Waals surface area contributed by atoms with Crippen LogP contribution in [0.2, 0.25) is 0 Å². The highest BCUT2D eigenvalue weighted by molar-refractivity contribution is 5.40. The molecule has 5 aliphatic carbocycles. The Hall–Kier alpha value is -0.600. The Bertz CT molecular complexity index is 851. The zero-order valence-corrected chi connectivity index (χ0v) is 21.8. The summed E-state index contributed by atoms with van der Waals surface area (Å²) in [4.78, 5) is 0. The minimum atomic E-state index is -0.167. The zero-order valence-electron chi connectivity index (χ0n) is 21.8. The van der Waals surface area contributed by atoms with Crippen LogP contribution in [-0.2, 0) is 0 Å². The first-order valence-electron chi connectivity index (χ1n) is 13.5. The topological polar surface area (TPSA) is 40.5 Å². The first-order chi connectivity index (χ1) is 14.8. The van der Waals surface area contributed by atoms with Crippen LogP contribution in [0.5, 0.6) is 0 Å². The van der Waals surface area contributed by atoms with Gasteiger partial charge in [-0.05, 0) is 90.8 Å². The van der Waals surface area contributed by atoms with Gasteiger partial charge in [0.05, 0.1) is 12.7 Å². The molecule has 0 radical (unpaired) electrons. The number of rotatable bonds is 1. The summed E-state index contributed by atoms with van der Waals surface area (Å²) in [6.45, 7) is 17.5. The van der Waals surface area contributed by atoms with Gasteiger partial charge in [0.15, 0.2) is 0 Å². The quantitative estimate of drug-likeness (QED) is 0.435. The van der Waals surface area contributed by atoms with Crippen molar-refractivity contribution in [1.29, 1.82) is 0 Å². The Labute approximate surface area is 197 Å². The first kappa shape index (κ1) is 23.2. The fourth-order valence-corrected chi connectivity index (χ4v) is 10.1. The van der Waals surface area contributed by atoms with Crippen LogP contribution in [0, 0.1) is 50.2 Å². The minimum absolute atomic E-state index is 0.00106. The summed E-state index contributed by atoms with van der Waals surface area (Å²) in [5.41, 5.74) is 2.54. The fourth-order valence-electron chi connectivity index (χ4n) is 10.1. The largest absolute Gasteiger partial charge is 0.395 e. The van der Waals surface area contributed by atoms with Gasteiger partial charge >= 0.3 is 0 Å². The Morgan fingerprint density at radius 3 is 2.28 bits per heavy atom. The summed E-state index contributed by atoms with van der Waals surface area (Å²) in [5.74, 6) is 1.71. The summed E-state index contributed by atoms with van der Waals surface area (Å²) in [6.07, 6.45) is 16.8. The van der Waals surface area contributed by atoms with Gasteiger partial charge in [-0.3, -0.25) is 0 Å². The van der Waals surface area contributed by atoms with Crippen LogP contribution in [0.3, 0.4) is 0 Å². The molecule has 0 aromatic rings. The zero-order chi connectivity index (χ0) is 23.4. The van der Waals surface area contributed by atoms with Crippen molar-refractivity contribution in [3.05, 3.63) is 23.8 Å². The van der Waals surface area contributed by atoms with Crippen LogP contribution < -0.4 is 0 Å². The van der Waals surface area contributed by atoms with E-state index in [4.69, 9.17) is 0 Å². The number of hydrogen-bond acceptors (Lipinski definition) is 2. The maximum atomic E-state index is 10.9. The van der Waals surface area contributed by atoms with Gasteiger partial charge < -0.3 is 10.2 Å². The lowest BCUT2D eigenvalue weighted by Crippen LogP contribution is -2.63. The lowest BCUT2D eigenvalue weighted by atomic mass is 9.34. The average Bonchev–Trinajstić information content (AvgIpc) is 2.71. The van der Waals surface area contributed by atoms with Gasteiger partial charge in [0.2, 0.25) is 0 Å². The summed E-state index contributed by atoms with van der Waals surface area (Å²) < 4.78 is 0. The number of aliphatic hydroxyl groups excluding tert-OH is 2. The molecule has 3 saturated carbocycles. The minimum Gasteiger partial charge on any atom is -0.395 e. The van der Waals surface area contributed by atoms with Crippen LogP contribution in [-0.4, -0.2) is 22.9 Å². The molecule has 180 valence electrons. The van der Waals surface area contributed by atoms with Crippen LogP contribution >= 0.6 is 0 Å². The molecule has 5 rings (SSSR count). The van der Waals surface area contributed by atoms with E-state index in [-0.39, 0.29) is 39.8 Å². The molecular weight excluding hydrogens is 392 g/mol. The molecule has 2 N–H and O–H groups in total. The molecule has 2 nitrogen and oxygen atoms in total. The van der Waals surface area contributed by atoms with Gasteiger partial charge in [-0.1, -0.05) is 72.3 Å². The third-order valence-electron chi connectivity index (χ3n) is 12.5. The third-order valence-corrected chi connectivity index (χ3v) is 12.5. The normalized spacial score (nSPS) is 53.3. The predicted octanol–water partition coefficient (Wildman–Crippen LogP) is 6.92. The maximum absolute atomic E-state index is 10.9. The molecular formula is C30H48O2. The van der Waals surface area contributed by atoms with Gasteiger partial charge in [-0.25, -0.2) is 0 Å². The van der Waals surface area contributed by atoms with E-state index in [9.17, 15) is 10.2 Å². The molecule has 0 bridgehead atoms. The highest BCUT2D eigenvalue weighted by atomic mass is 16.3. The third kappa shape index (κ3) is 2.72. The smallest absolute Gasteiger partial charge is 0.0594 e. The molecule has 0 heterocycles. The van der Waals surface area contributed by atoms with Crippen molar-refractivity contribution in [2.75, 3.05) is 6.61 Å². The molecule has 0 aromatic carbocycles. The highest BCUT2D eigenvalue weighted by Crippen LogP contribution is 2.74. The van der Waals surface area contributed by atoms with Crippen molar-refractivity contribution in [3.8, 4) is 0 Å². The summed E-state index contributed by atoms with van der Waals surface area (Å²) >= 11 is 0. The second-order valence-electron chi connectivity index (χ2n) is 14.7. The molecule has 0 unspecified atom stereocenters. The van der Waals surface area contributed by atoms with Crippen molar-refractivity contribution in [3.63, 3.8) is 0 Å². The van der Waals surface area contributed by atoms with E-state index in [1.807, 2.05) is 0 Å². The fraction of sp³-hybridized carbons (Fsp3) is 0.867. The van der Waals surface area contributed by atoms with E-state index >= 15 is 0 Å². The lowest BCUT2D eigenvalue weighted by molar-refractivity contribution is -0.191. The van der Waals surface area contributed by atoms with Crippen LogP contribution in [0.1, 0.15) is 99.8 Å². The van der Waals surface area contributed by atoms with E-state index in [1.165, 1.54) is 32.1 Å². The maximum Gasteiger partial charge on any atom is 0.0594 e. The molecule has 5 aliphatic rings. The molecule has 2 heteroatoms. The van der Waals surface area contributed by atoms with Crippen LogP contribution in [0.15, 0.2) is 23.8 Å². The average molecular weight is 441 g/mol. The van der Waals surface area contributed by atoms with Crippen LogP contribution in [0.4, 0.5) is 0 Å². The van der Waals surface area contributed by atoms with Crippen molar-refractivity contribution in [2.24, 2.45) is 50.2 Å². The molecule has 32 heavy (non-hydrogen) atoms. The second kappa shape index (κ2) is 6.75. The molecule has 0 amide bonds. The number of allylic oxidation sites excluding steroid dienone is 3. The first-order valence-corrected chi connectivity index (χ1v) is 13.5. The standard InChI is InChI=1S/C30H48O2/c1-25(2)14-16-30(19-31)17-15-28(6)20(21(30)18-25)8-9-23-27(5)12-11-24(32)26(3,4)22(27)10-13-29(23,28)7/h8,15,17,21-24,31-32H,9-14,16,18-19H2,1-7H3/t21-,22-,23+,24-,27-,28+,29+,30+/m0/s1. The van der Waals surface area contributed by atoms with Gasteiger partial charge in [-0.2, -0.15) is 0 Å². The van der Waals surface area contributed by atoms with E-state index in [1.54, 1.807) is 5.57 Å². The molecule has 0 saturated heterocycles. The molecule has 0 aliphatic heterocycles. The summed E-state index contributed by atoms with van der Waals surface area (Å²) in [7, 11) is 0. The van der Waals surface area contributed by atoms with Crippen molar-refractivity contribution < 1.29 is 10.2 Å². The predicted molar refractivity (Wildman–Crippen MR) is 132 cm³/mol. The van der Waals surface area contributed by atoms with E-state index < -0.39 is 0 Å². The van der Waals surface area contributed by atoms with E-state index in [0.29, 0.717) is 23.2 Å². The van der Waals surface area contributed by atoms with Crippen molar-refractivity contribution in [2.45, 2.75) is 106 Å². The highest BCUT2D eigenvalue weighted by Gasteiger charge is 2.67. The molecule has 0 aromatic heterocycles. The Kier molecular flexibility index (Phi) is 4.88. The van der Waals surface area contributed by atoms with Gasteiger partial charge in [0, 0.05) is 10.8 Å². The number of hydrogen-bond donors (Lipinski definition) is 2. The molecule has 0 spiro atoms. The Balaban J connectivity index is 1.60. The van der Waals surface area contributed by atoms with Crippen molar-refractivity contribution in [1.82, 2.24) is 0 Å². The Morgan fingerprint density at radius 2 is 1.59 bits per heavy atom. The summed E-state index contributed by atoms with van der Waals surface area (Å²) in [5, 5.41) is 21.5. The number of fused-ring (bicyclic) bond motifs is 7. The SMILES string of the molecule is CC1(C)CC[C@]2(CO)C=C[C@]3(C)C(=CC[C@@H]4[C@@]5(C)CC[C@H](O)C(C)(C)[C@@H]5CC[C@]43C)[C@@H]2C1. The van der Waals surface area contributed by atoms with E-state index in [2.05, 4.69) is 66.7 Å². The van der Waals surface area contributed by atoms with Gasteiger partial charge in [0.1, 0.15) is 0 Å². The lowest BCUT2D eigenvalue weighted by Gasteiger charge is -2.70. The van der Waals surface area contributed by atoms with Crippen LogP contribution in [0.25, 0.3) is 0 Å². The molecule has 3 fully saturated rings. The van der Waals surface area contributed by atoms with Gasteiger partial charge in [-0.15, -0.1) is 0 Å². The van der Waals surface area contributed by atoms with Gasteiger partial charge in [0.25, 0.3) is 0 Å². The van der Waals surface area contributed by atoms with Crippen molar-refractivity contribution >= 4 is 0 Å². The number of aliphatic hydroxyl groups is 2. The van der Waals surface area contributed by atoms with E-state index in [0.717, 1.165) is 19.3 Å².